The third kappa shape index (κ3) is 5.20. The Morgan fingerprint density at radius 2 is 2.00 bits per heavy atom. The monoisotopic (exact) mass is 236 g/mol. The fraction of sp³-hybridized carbons (Fsp3) is 0.571. The van der Waals surface area contributed by atoms with E-state index in [0.29, 0.717) is 0 Å². The summed E-state index contributed by atoms with van der Waals surface area (Å²) >= 11 is 0. The van der Waals surface area contributed by atoms with Gasteiger partial charge < -0.3 is 15.0 Å². The molecule has 0 radical (unpaired) electrons. The predicted molar refractivity (Wildman–Crippen MR) is 72.5 cm³/mol. The Morgan fingerprint density at radius 3 is 2.71 bits per heavy atom. The molecule has 0 atom stereocenters. The maximum absolute atomic E-state index is 5.62. The zero-order valence-electron chi connectivity index (χ0n) is 11.2. The molecule has 0 fully saturated rings. The lowest BCUT2D eigenvalue weighted by molar-refractivity contribution is 0.302. The number of rotatable bonds is 8. The van der Waals surface area contributed by atoms with Gasteiger partial charge in [-0.1, -0.05) is 25.1 Å². The van der Waals surface area contributed by atoms with Gasteiger partial charge in [0.2, 0.25) is 0 Å². The van der Waals surface area contributed by atoms with Crippen LogP contribution in [-0.2, 0) is 6.54 Å². The van der Waals surface area contributed by atoms with Crippen LogP contribution in [0.1, 0.15) is 19.4 Å². The molecule has 96 valence electrons. The molecule has 0 unspecified atom stereocenters. The van der Waals surface area contributed by atoms with Gasteiger partial charge in [0.05, 0.1) is 6.61 Å². The first-order valence-electron chi connectivity index (χ1n) is 6.37. The van der Waals surface area contributed by atoms with E-state index in [1.54, 1.807) is 0 Å². The number of para-hydroxylation sites is 1. The summed E-state index contributed by atoms with van der Waals surface area (Å²) in [5, 5.41) is 3.33. The van der Waals surface area contributed by atoms with Crippen molar-refractivity contribution in [3.05, 3.63) is 29.8 Å². The van der Waals surface area contributed by atoms with E-state index in [2.05, 4.69) is 36.3 Å². The molecule has 0 bridgehead atoms. The van der Waals surface area contributed by atoms with Gasteiger partial charge in [-0.2, -0.15) is 0 Å². The minimum absolute atomic E-state index is 0.720. The summed E-state index contributed by atoms with van der Waals surface area (Å²) in [4.78, 5) is 2.31. The summed E-state index contributed by atoms with van der Waals surface area (Å²) in [6.07, 6.45) is 0. The Kier molecular flexibility index (Phi) is 6.67. The van der Waals surface area contributed by atoms with Crippen molar-refractivity contribution in [1.82, 2.24) is 10.2 Å². The maximum Gasteiger partial charge on any atom is 0.123 e. The van der Waals surface area contributed by atoms with Gasteiger partial charge in [-0.25, -0.2) is 0 Å². The molecule has 0 amide bonds. The van der Waals surface area contributed by atoms with Crippen molar-refractivity contribution in [2.24, 2.45) is 0 Å². The van der Waals surface area contributed by atoms with Crippen LogP contribution < -0.4 is 10.1 Å². The minimum atomic E-state index is 0.720. The van der Waals surface area contributed by atoms with E-state index in [1.165, 1.54) is 5.56 Å². The molecule has 3 nitrogen and oxygen atoms in total. The standard InChI is InChI=1S/C14H24N2O/c1-4-15-10-11-16(3)12-13-8-6-7-9-14(13)17-5-2/h6-9,15H,4-5,10-12H2,1-3H3. The Balaban J connectivity index is 2.48. The van der Waals surface area contributed by atoms with Gasteiger partial charge in [0.1, 0.15) is 5.75 Å². The third-order valence-corrected chi connectivity index (χ3v) is 2.63. The van der Waals surface area contributed by atoms with Crippen molar-refractivity contribution in [3.8, 4) is 5.75 Å². The molecule has 0 saturated heterocycles. The summed E-state index contributed by atoms with van der Waals surface area (Å²) in [6.45, 7) is 8.91. The molecule has 1 aromatic carbocycles. The summed E-state index contributed by atoms with van der Waals surface area (Å²) in [7, 11) is 2.14. The van der Waals surface area contributed by atoms with Crippen molar-refractivity contribution in [2.75, 3.05) is 33.3 Å². The van der Waals surface area contributed by atoms with Crippen LogP contribution in [-0.4, -0.2) is 38.2 Å². The maximum atomic E-state index is 5.62. The highest BCUT2D eigenvalue weighted by Crippen LogP contribution is 2.19. The van der Waals surface area contributed by atoms with Crippen LogP contribution in [0.2, 0.25) is 0 Å². The van der Waals surface area contributed by atoms with E-state index in [0.717, 1.165) is 38.5 Å². The molecule has 0 aliphatic rings. The van der Waals surface area contributed by atoms with Crippen LogP contribution in [0.15, 0.2) is 24.3 Å². The van der Waals surface area contributed by atoms with E-state index >= 15 is 0 Å². The average Bonchev–Trinajstić information content (AvgIpc) is 2.32. The highest BCUT2D eigenvalue weighted by molar-refractivity contribution is 5.33. The van der Waals surface area contributed by atoms with Crippen LogP contribution >= 0.6 is 0 Å². The molecular formula is C14H24N2O. The molecule has 17 heavy (non-hydrogen) atoms. The van der Waals surface area contributed by atoms with Crippen molar-refractivity contribution >= 4 is 0 Å². The number of ether oxygens (including phenoxy) is 1. The topological polar surface area (TPSA) is 24.5 Å². The Bertz CT molecular complexity index is 315. The molecule has 3 heteroatoms. The van der Waals surface area contributed by atoms with Crippen molar-refractivity contribution < 1.29 is 4.74 Å². The van der Waals surface area contributed by atoms with E-state index in [-0.39, 0.29) is 0 Å². The lowest BCUT2D eigenvalue weighted by Crippen LogP contribution is -2.28. The van der Waals surface area contributed by atoms with Crippen molar-refractivity contribution in [2.45, 2.75) is 20.4 Å². The van der Waals surface area contributed by atoms with Crippen molar-refractivity contribution in [3.63, 3.8) is 0 Å². The summed E-state index contributed by atoms with van der Waals surface area (Å²) in [6, 6.07) is 8.26. The largest absolute Gasteiger partial charge is 0.494 e. The number of hydrogen-bond acceptors (Lipinski definition) is 3. The van der Waals surface area contributed by atoms with E-state index < -0.39 is 0 Å². The molecule has 1 N–H and O–H groups in total. The van der Waals surface area contributed by atoms with Crippen molar-refractivity contribution in [1.29, 1.82) is 0 Å². The van der Waals surface area contributed by atoms with Gasteiger partial charge >= 0.3 is 0 Å². The Morgan fingerprint density at radius 1 is 1.24 bits per heavy atom. The quantitative estimate of drug-likeness (QED) is 0.700. The second-order valence-corrected chi connectivity index (χ2v) is 4.13. The Labute approximate surface area is 105 Å². The fourth-order valence-corrected chi connectivity index (χ4v) is 1.75. The number of hydrogen-bond donors (Lipinski definition) is 1. The molecule has 1 rings (SSSR count). The summed E-state index contributed by atoms with van der Waals surface area (Å²) < 4.78 is 5.62. The molecule has 0 saturated carbocycles. The van der Waals surface area contributed by atoms with Crippen LogP contribution in [0.3, 0.4) is 0 Å². The van der Waals surface area contributed by atoms with E-state index in [4.69, 9.17) is 4.74 Å². The minimum Gasteiger partial charge on any atom is -0.494 e. The van der Waals surface area contributed by atoms with Crippen LogP contribution in [0.25, 0.3) is 0 Å². The van der Waals surface area contributed by atoms with E-state index in [1.807, 2.05) is 19.1 Å². The second kappa shape index (κ2) is 8.09. The smallest absolute Gasteiger partial charge is 0.123 e. The predicted octanol–water partition coefficient (Wildman–Crippen LogP) is 2.13. The lowest BCUT2D eigenvalue weighted by atomic mass is 10.2. The third-order valence-electron chi connectivity index (χ3n) is 2.63. The molecule has 0 spiro atoms. The highest BCUT2D eigenvalue weighted by atomic mass is 16.5. The summed E-state index contributed by atoms with van der Waals surface area (Å²) in [5.74, 6) is 1.00. The summed E-state index contributed by atoms with van der Waals surface area (Å²) in [5.41, 5.74) is 1.26. The average molecular weight is 236 g/mol. The van der Waals surface area contributed by atoms with Gasteiger partial charge in [0.15, 0.2) is 0 Å². The van der Waals surface area contributed by atoms with Gasteiger partial charge in [-0.15, -0.1) is 0 Å². The lowest BCUT2D eigenvalue weighted by Gasteiger charge is -2.18. The zero-order chi connectivity index (χ0) is 12.5. The van der Waals surface area contributed by atoms with Gasteiger partial charge in [-0.05, 0) is 26.6 Å². The zero-order valence-corrected chi connectivity index (χ0v) is 11.2. The number of nitrogens with one attached hydrogen (secondary N) is 1. The second-order valence-electron chi connectivity index (χ2n) is 4.13. The Hall–Kier alpha value is -1.06. The van der Waals surface area contributed by atoms with Crippen LogP contribution in [0.5, 0.6) is 5.75 Å². The SMILES string of the molecule is CCNCCN(C)Cc1ccccc1OCC. The van der Waals surface area contributed by atoms with Crippen LogP contribution in [0.4, 0.5) is 0 Å². The van der Waals surface area contributed by atoms with Gasteiger partial charge in [0, 0.05) is 25.2 Å². The first-order chi connectivity index (χ1) is 8.27. The number of benzene rings is 1. The first-order valence-corrected chi connectivity index (χ1v) is 6.37. The number of nitrogens with zero attached hydrogens (tertiary/aromatic N) is 1. The molecule has 0 heterocycles. The number of likely N-dealkylation sites (N-methyl/N-ethyl adjacent to an activating group) is 2. The normalized spacial score (nSPS) is 10.8. The van der Waals surface area contributed by atoms with Gasteiger partial charge in [0.25, 0.3) is 0 Å². The first kappa shape index (κ1) is 14.0. The van der Waals surface area contributed by atoms with E-state index in [9.17, 15) is 0 Å². The van der Waals surface area contributed by atoms with Gasteiger partial charge in [-0.3, -0.25) is 0 Å². The molecule has 0 aliphatic heterocycles. The van der Waals surface area contributed by atoms with Crippen LogP contribution in [0, 0.1) is 0 Å². The highest BCUT2D eigenvalue weighted by Gasteiger charge is 2.05. The fourth-order valence-electron chi connectivity index (χ4n) is 1.75. The molecule has 0 aromatic heterocycles. The molecule has 0 aliphatic carbocycles. The molecular weight excluding hydrogens is 212 g/mol. The molecule has 1 aromatic rings.